The minimum absolute atomic E-state index is 0.209. The molecule has 34 heavy (non-hydrogen) atoms. The first-order valence-electron chi connectivity index (χ1n) is 10.6. The Morgan fingerprint density at radius 2 is 1.62 bits per heavy atom. The molecule has 2 aromatic heterocycles. The lowest BCUT2D eigenvalue weighted by atomic mass is 10.0. The van der Waals surface area contributed by atoms with Gasteiger partial charge in [-0.05, 0) is 49.4 Å². The first-order chi connectivity index (χ1) is 16.5. The normalized spacial score (nSPS) is 11.0. The molecule has 7 nitrogen and oxygen atoms in total. The summed E-state index contributed by atoms with van der Waals surface area (Å²) >= 11 is 0. The molecule has 0 unspecified atom stereocenters. The first kappa shape index (κ1) is 21.3. The van der Waals surface area contributed by atoms with Gasteiger partial charge >= 0.3 is 0 Å². The molecule has 5 rings (SSSR count). The highest BCUT2D eigenvalue weighted by Gasteiger charge is 2.21. The number of nitrogens with one attached hydrogen (secondary N) is 1. The summed E-state index contributed by atoms with van der Waals surface area (Å²) < 4.78 is 22.1. The fourth-order valence-corrected chi connectivity index (χ4v) is 3.91. The zero-order chi connectivity index (χ0) is 23.8. The molecule has 0 atom stereocenters. The molecule has 0 aliphatic rings. The molecule has 0 saturated carbocycles. The molecule has 1 amide bonds. The monoisotopic (exact) mass is 455 g/mol. The Hall–Kier alpha value is -4.52. The number of hydrogen-bond donors (Lipinski definition) is 1. The van der Waals surface area contributed by atoms with Gasteiger partial charge in [-0.25, -0.2) is 0 Å². The molecule has 5 aromatic rings. The van der Waals surface area contributed by atoms with Crippen LogP contribution in [0.25, 0.3) is 21.9 Å². The molecule has 0 fully saturated rings. The maximum atomic E-state index is 13.2. The molecule has 0 aliphatic heterocycles. The summed E-state index contributed by atoms with van der Waals surface area (Å²) in [5.41, 5.74) is 2.78. The summed E-state index contributed by atoms with van der Waals surface area (Å²) in [5.74, 6) is 0.773. The number of benzene rings is 3. The third-order valence-corrected chi connectivity index (χ3v) is 5.70. The van der Waals surface area contributed by atoms with E-state index >= 15 is 0 Å². The highest BCUT2D eigenvalue weighted by Crippen LogP contribution is 2.32. The maximum absolute atomic E-state index is 13.2. The van der Waals surface area contributed by atoms with Gasteiger partial charge in [-0.15, -0.1) is 0 Å². The third kappa shape index (κ3) is 3.67. The first-order valence-corrected chi connectivity index (χ1v) is 10.6. The van der Waals surface area contributed by atoms with E-state index in [0.717, 1.165) is 10.8 Å². The van der Waals surface area contributed by atoms with E-state index < -0.39 is 0 Å². The Bertz CT molecular complexity index is 1530. The predicted molar refractivity (Wildman–Crippen MR) is 128 cm³/mol. The zero-order valence-corrected chi connectivity index (χ0v) is 18.8. The molecule has 0 aliphatic carbocycles. The second-order valence-corrected chi connectivity index (χ2v) is 7.77. The number of carbonyl (C=O) groups is 2. The van der Waals surface area contributed by atoms with Gasteiger partial charge in [-0.1, -0.05) is 18.2 Å². The topological polar surface area (TPSA) is 90.9 Å². The minimum Gasteiger partial charge on any atom is -0.493 e. The van der Waals surface area contributed by atoms with E-state index in [1.165, 1.54) is 14.2 Å². The molecule has 7 heteroatoms. The van der Waals surface area contributed by atoms with Gasteiger partial charge in [0.15, 0.2) is 23.0 Å². The van der Waals surface area contributed by atoms with Crippen LogP contribution in [0.15, 0.2) is 75.6 Å². The van der Waals surface area contributed by atoms with Crippen molar-refractivity contribution >= 4 is 39.3 Å². The number of aryl methyl sites for hydroxylation is 1. The molecular formula is C27H21NO6. The third-order valence-electron chi connectivity index (χ3n) is 5.70. The molecule has 3 aromatic carbocycles. The average molecular weight is 455 g/mol. The maximum Gasteiger partial charge on any atom is 0.291 e. The van der Waals surface area contributed by atoms with Crippen LogP contribution < -0.4 is 14.8 Å². The van der Waals surface area contributed by atoms with E-state index in [9.17, 15) is 9.59 Å². The number of rotatable bonds is 6. The lowest BCUT2D eigenvalue weighted by molar-refractivity contribution is 0.0995. The van der Waals surface area contributed by atoms with Crippen LogP contribution in [0, 0.1) is 6.92 Å². The number of amides is 1. The molecule has 0 spiro atoms. The number of furan rings is 2. The summed E-state index contributed by atoms with van der Waals surface area (Å²) in [5, 5.41) is 4.45. The molecule has 0 radical (unpaired) electrons. The number of ketones is 1. The van der Waals surface area contributed by atoms with Gasteiger partial charge in [0, 0.05) is 33.7 Å². The minimum atomic E-state index is -0.375. The van der Waals surface area contributed by atoms with Gasteiger partial charge in [-0.2, -0.15) is 0 Å². The van der Waals surface area contributed by atoms with E-state index in [-0.39, 0.29) is 23.2 Å². The fraction of sp³-hybridized carbons (Fsp3) is 0.111. The quantitative estimate of drug-likeness (QED) is 0.316. The van der Waals surface area contributed by atoms with E-state index in [1.807, 2.05) is 31.2 Å². The van der Waals surface area contributed by atoms with Crippen molar-refractivity contribution in [3.8, 4) is 11.5 Å². The Kier molecular flexibility index (Phi) is 5.30. The van der Waals surface area contributed by atoms with Crippen molar-refractivity contribution in [2.24, 2.45) is 0 Å². The second kappa shape index (κ2) is 8.44. The van der Waals surface area contributed by atoms with Crippen molar-refractivity contribution in [1.82, 2.24) is 0 Å². The van der Waals surface area contributed by atoms with Crippen molar-refractivity contribution in [2.45, 2.75) is 6.92 Å². The number of carbonyl (C=O) groups excluding carboxylic acids is 2. The SMILES string of the molecule is COc1ccc(C(=O)c2oc3cc(NC(=O)c4cc5ccccc5o4)ccc3c2C)cc1OC. The molecule has 170 valence electrons. The summed E-state index contributed by atoms with van der Waals surface area (Å²) in [6, 6.07) is 19.3. The summed E-state index contributed by atoms with van der Waals surface area (Å²) in [6.07, 6.45) is 0. The molecule has 0 saturated heterocycles. The van der Waals surface area contributed by atoms with E-state index in [1.54, 1.807) is 42.5 Å². The van der Waals surface area contributed by atoms with Crippen LogP contribution in [0.5, 0.6) is 11.5 Å². The smallest absolute Gasteiger partial charge is 0.291 e. The largest absolute Gasteiger partial charge is 0.493 e. The standard InChI is InChI=1S/C27H21NO6/c1-15-19-10-9-18(28-27(30)24-12-16-6-4-5-7-20(16)33-24)14-22(19)34-26(15)25(29)17-8-11-21(31-2)23(13-17)32-3/h4-14H,1-3H3,(H,28,30). The van der Waals surface area contributed by atoms with Gasteiger partial charge < -0.3 is 23.6 Å². The van der Waals surface area contributed by atoms with Crippen molar-refractivity contribution in [1.29, 1.82) is 0 Å². The van der Waals surface area contributed by atoms with Crippen LogP contribution in [0.4, 0.5) is 5.69 Å². The second-order valence-electron chi connectivity index (χ2n) is 7.77. The van der Waals surface area contributed by atoms with E-state index in [2.05, 4.69) is 5.32 Å². The van der Waals surface area contributed by atoms with Crippen LogP contribution in [-0.2, 0) is 0 Å². The van der Waals surface area contributed by atoms with Crippen molar-refractivity contribution < 1.29 is 27.9 Å². The lowest BCUT2D eigenvalue weighted by Crippen LogP contribution is -2.10. The Morgan fingerprint density at radius 1 is 0.824 bits per heavy atom. The summed E-state index contributed by atoms with van der Waals surface area (Å²) in [7, 11) is 3.05. The number of anilines is 1. The Labute approximate surface area is 194 Å². The molecule has 1 N–H and O–H groups in total. The van der Waals surface area contributed by atoms with Crippen LogP contribution in [0.3, 0.4) is 0 Å². The molecule has 0 bridgehead atoms. The van der Waals surface area contributed by atoms with Gasteiger partial charge in [-0.3, -0.25) is 9.59 Å². The van der Waals surface area contributed by atoms with Crippen molar-refractivity contribution in [2.75, 3.05) is 19.5 Å². The summed E-state index contributed by atoms with van der Waals surface area (Å²) in [6.45, 7) is 1.83. The zero-order valence-electron chi connectivity index (χ0n) is 18.8. The Balaban J connectivity index is 1.43. The van der Waals surface area contributed by atoms with Crippen molar-refractivity contribution in [3.63, 3.8) is 0 Å². The number of ether oxygens (including phenoxy) is 2. The van der Waals surface area contributed by atoms with Gasteiger partial charge in [0.05, 0.1) is 14.2 Å². The van der Waals surface area contributed by atoms with Gasteiger partial charge in [0.1, 0.15) is 11.2 Å². The Morgan fingerprint density at radius 3 is 2.38 bits per heavy atom. The van der Waals surface area contributed by atoms with Crippen LogP contribution in [0.1, 0.15) is 32.2 Å². The highest BCUT2D eigenvalue weighted by molar-refractivity contribution is 6.11. The van der Waals surface area contributed by atoms with Crippen LogP contribution in [0.2, 0.25) is 0 Å². The highest BCUT2D eigenvalue weighted by atomic mass is 16.5. The van der Waals surface area contributed by atoms with Crippen LogP contribution >= 0.6 is 0 Å². The number of methoxy groups -OCH3 is 2. The number of hydrogen-bond acceptors (Lipinski definition) is 6. The number of fused-ring (bicyclic) bond motifs is 2. The summed E-state index contributed by atoms with van der Waals surface area (Å²) in [4.78, 5) is 25.9. The fourth-order valence-electron chi connectivity index (χ4n) is 3.91. The molecular weight excluding hydrogens is 434 g/mol. The van der Waals surface area contributed by atoms with E-state index in [4.69, 9.17) is 18.3 Å². The van der Waals surface area contributed by atoms with Gasteiger partial charge in [0.25, 0.3) is 5.91 Å². The van der Waals surface area contributed by atoms with Crippen molar-refractivity contribution in [3.05, 3.63) is 89.4 Å². The molecule has 2 heterocycles. The van der Waals surface area contributed by atoms with Gasteiger partial charge in [0.2, 0.25) is 5.78 Å². The van der Waals surface area contributed by atoms with Crippen LogP contribution in [-0.4, -0.2) is 25.9 Å². The van der Waals surface area contributed by atoms with E-state index in [0.29, 0.717) is 39.5 Å². The predicted octanol–water partition coefficient (Wildman–Crippen LogP) is 5.99. The number of para-hydroxylation sites is 1. The average Bonchev–Trinajstić information content (AvgIpc) is 3.44. The lowest BCUT2D eigenvalue weighted by Gasteiger charge is -2.08.